The molecule has 0 aliphatic rings. The molecule has 0 amide bonds. The third-order valence-corrected chi connectivity index (χ3v) is 4.03. The van der Waals surface area contributed by atoms with Crippen molar-refractivity contribution in [3.63, 3.8) is 0 Å². The smallest absolute Gasteiger partial charge is 0.308 e. The van der Waals surface area contributed by atoms with Gasteiger partial charge in [-0.2, -0.15) is 0 Å². The molecule has 3 nitrogen and oxygen atoms in total. The molecule has 92 valence electrons. The van der Waals surface area contributed by atoms with Gasteiger partial charge in [0.15, 0.2) is 0 Å². The van der Waals surface area contributed by atoms with E-state index in [4.69, 9.17) is 9.05 Å². The van der Waals surface area contributed by atoms with E-state index in [0.29, 0.717) is 24.6 Å². The first-order valence-electron chi connectivity index (χ1n) is 5.67. The molecule has 4 heteroatoms. The van der Waals surface area contributed by atoms with E-state index >= 15 is 0 Å². The van der Waals surface area contributed by atoms with E-state index in [1.54, 1.807) is 0 Å². The molecule has 1 atom stereocenters. The summed E-state index contributed by atoms with van der Waals surface area (Å²) in [6.07, 6.45) is 0.444. The van der Waals surface area contributed by atoms with Crippen LogP contribution in [0.25, 0.3) is 0 Å². The molecular formula is C11H25O3P. The first kappa shape index (κ1) is 15.2. The number of hydrogen-bond acceptors (Lipinski definition) is 3. The molecule has 0 aromatic rings. The maximum Gasteiger partial charge on any atom is 0.331 e. The molecule has 0 saturated heterocycles. The summed E-state index contributed by atoms with van der Waals surface area (Å²) >= 11 is 0. The van der Waals surface area contributed by atoms with Gasteiger partial charge in [0.25, 0.3) is 0 Å². The summed E-state index contributed by atoms with van der Waals surface area (Å²) in [5.74, 6) is 0.697. The molecule has 0 bridgehead atoms. The Morgan fingerprint density at radius 1 is 1.00 bits per heavy atom. The van der Waals surface area contributed by atoms with Crippen LogP contribution in [0.4, 0.5) is 0 Å². The fraction of sp³-hybridized carbons (Fsp3) is 1.00. The van der Waals surface area contributed by atoms with Gasteiger partial charge >= 0.3 is 7.60 Å². The minimum absolute atomic E-state index is 0.0539. The van der Waals surface area contributed by atoms with E-state index in [9.17, 15) is 4.57 Å². The van der Waals surface area contributed by atoms with Crippen molar-refractivity contribution in [1.82, 2.24) is 0 Å². The van der Waals surface area contributed by atoms with Gasteiger partial charge < -0.3 is 9.05 Å². The number of rotatable bonds is 7. The molecule has 0 aromatic carbocycles. The highest BCUT2D eigenvalue weighted by molar-refractivity contribution is 7.53. The molecule has 0 aromatic heterocycles. The molecule has 15 heavy (non-hydrogen) atoms. The van der Waals surface area contributed by atoms with Crippen molar-refractivity contribution in [3.05, 3.63) is 0 Å². The zero-order valence-electron chi connectivity index (χ0n) is 10.8. The summed E-state index contributed by atoms with van der Waals surface area (Å²) < 4.78 is 23.2. The van der Waals surface area contributed by atoms with Crippen LogP contribution in [0.2, 0.25) is 0 Å². The molecular weight excluding hydrogens is 211 g/mol. The Labute approximate surface area is 94.1 Å². The molecule has 0 aliphatic heterocycles. The quantitative estimate of drug-likeness (QED) is 0.628. The first-order chi connectivity index (χ1) is 6.75. The van der Waals surface area contributed by atoms with Crippen LogP contribution in [0.1, 0.15) is 41.5 Å². The zero-order chi connectivity index (χ0) is 12.1. The normalized spacial score (nSPS) is 16.3. The van der Waals surface area contributed by atoms with E-state index in [1.807, 2.05) is 41.5 Å². The third kappa shape index (κ3) is 8.01. The van der Waals surface area contributed by atoms with Gasteiger partial charge in [0, 0.05) is 0 Å². The second-order valence-electron chi connectivity index (χ2n) is 5.03. The largest absolute Gasteiger partial charge is 0.331 e. The highest BCUT2D eigenvalue weighted by Crippen LogP contribution is 2.51. The van der Waals surface area contributed by atoms with E-state index < -0.39 is 7.60 Å². The van der Waals surface area contributed by atoms with Gasteiger partial charge in [-0.15, -0.1) is 0 Å². The Kier molecular flexibility index (Phi) is 6.74. The minimum Gasteiger partial charge on any atom is -0.308 e. The summed E-state index contributed by atoms with van der Waals surface area (Å²) in [7, 11) is -2.89. The van der Waals surface area contributed by atoms with Crippen molar-refractivity contribution < 1.29 is 13.6 Å². The summed E-state index contributed by atoms with van der Waals surface area (Å²) in [5, 5.41) is 0. The maximum absolute atomic E-state index is 12.3. The monoisotopic (exact) mass is 236 g/mol. The molecule has 1 unspecified atom stereocenters. The van der Waals surface area contributed by atoms with Gasteiger partial charge in [-0.3, -0.25) is 4.57 Å². The average Bonchev–Trinajstić information content (AvgIpc) is 1.97. The van der Waals surface area contributed by atoms with Crippen LogP contribution in [0.15, 0.2) is 0 Å². The van der Waals surface area contributed by atoms with Crippen molar-refractivity contribution in [2.24, 2.45) is 11.8 Å². The van der Waals surface area contributed by atoms with E-state index in [2.05, 4.69) is 0 Å². The Morgan fingerprint density at radius 3 is 1.87 bits per heavy atom. The lowest BCUT2D eigenvalue weighted by Gasteiger charge is -2.23. The fourth-order valence-corrected chi connectivity index (χ4v) is 3.47. The zero-order valence-corrected chi connectivity index (χ0v) is 11.7. The van der Waals surface area contributed by atoms with Crippen LogP contribution in [-0.2, 0) is 13.6 Å². The third-order valence-electron chi connectivity index (χ3n) is 1.56. The van der Waals surface area contributed by atoms with E-state index in [1.165, 1.54) is 0 Å². The van der Waals surface area contributed by atoms with Gasteiger partial charge in [-0.25, -0.2) is 0 Å². The predicted octanol–water partition coefficient (Wildman–Crippen LogP) is 3.93. The molecule has 0 radical (unpaired) electrons. The average molecular weight is 236 g/mol. The Balaban J connectivity index is 4.34. The lowest BCUT2D eigenvalue weighted by atomic mass is 10.2. The summed E-state index contributed by atoms with van der Waals surface area (Å²) in [4.78, 5) is 0. The molecule has 0 rings (SSSR count). The topological polar surface area (TPSA) is 35.5 Å². The van der Waals surface area contributed by atoms with Crippen molar-refractivity contribution >= 4 is 7.60 Å². The first-order valence-corrected chi connectivity index (χ1v) is 7.40. The minimum atomic E-state index is -2.89. The van der Waals surface area contributed by atoms with Crippen LogP contribution in [0, 0.1) is 11.8 Å². The summed E-state index contributed by atoms with van der Waals surface area (Å²) in [6, 6.07) is 0. The summed E-state index contributed by atoms with van der Waals surface area (Å²) in [6.45, 7) is 12.4. The van der Waals surface area contributed by atoms with Crippen molar-refractivity contribution in [2.75, 3.05) is 12.8 Å². The Hall–Kier alpha value is 0.150. The van der Waals surface area contributed by atoms with Gasteiger partial charge in [-0.05, 0) is 25.7 Å². The van der Waals surface area contributed by atoms with Crippen LogP contribution in [0.3, 0.4) is 0 Å². The highest BCUT2D eigenvalue weighted by Gasteiger charge is 2.27. The Bertz CT molecular complexity index is 198. The van der Waals surface area contributed by atoms with Crippen molar-refractivity contribution in [1.29, 1.82) is 0 Å². The van der Waals surface area contributed by atoms with Gasteiger partial charge in [0.05, 0.1) is 18.9 Å². The van der Waals surface area contributed by atoms with Crippen molar-refractivity contribution in [3.8, 4) is 0 Å². The van der Waals surface area contributed by atoms with Crippen LogP contribution in [0.5, 0.6) is 0 Å². The second-order valence-corrected chi connectivity index (χ2v) is 7.09. The summed E-state index contributed by atoms with van der Waals surface area (Å²) in [5.41, 5.74) is 0. The van der Waals surface area contributed by atoms with Gasteiger partial charge in [0.1, 0.15) is 0 Å². The standard InChI is InChI=1S/C11H25O3P/c1-9(2)7-13-15(12,8-10(3)4)14-11(5)6/h9-11H,7-8H2,1-6H3. The predicted molar refractivity (Wildman–Crippen MR) is 64.3 cm³/mol. The number of hydrogen-bond donors (Lipinski definition) is 0. The van der Waals surface area contributed by atoms with Crippen LogP contribution >= 0.6 is 7.60 Å². The molecule has 0 spiro atoms. The van der Waals surface area contributed by atoms with Crippen LogP contribution in [-0.4, -0.2) is 18.9 Å². The van der Waals surface area contributed by atoms with Gasteiger partial charge in [-0.1, -0.05) is 27.7 Å². The highest BCUT2D eigenvalue weighted by atomic mass is 31.2. The molecule has 0 N–H and O–H groups in total. The van der Waals surface area contributed by atoms with Gasteiger partial charge in [0.2, 0.25) is 0 Å². The molecule has 0 saturated carbocycles. The van der Waals surface area contributed by atoms with Crippen LogP contribution < -0.4 is 0 Å². The molecule has 0 fully saturated rings. The lowest BCUT2D eigenvalue weighted by molar-refractivity contribution is 0.155. The van der Waals surface area contributed by atoms with E-state index in [0.717, 1.165) is 0 Å². The lowest BCUT2D eigenvalue weighted by Crippen LogP contribution is -2.11. The molecule has 0 aliphatic carbocycles. The maximum atomic E-state index is 12.3. The Morgan fingerprint density at radius 2 is 1.53 bits per heavy atom. The molecule has 0 heterocycles. The fourth-order valence-electron chi connectivity index (χ4n) is 1.16. The second kappa shape index (κ2) is 6.67. The van der Waals surface area contributed by atoms with Crippen molar-refractivity contribution in [2.45, 2.75) is 47.6 Å². The van der Waals surface area contributed by atoms with E-state index in [-0.39, 0.29) is 6.10 Å². The SMILES string of the molecule is CC(C)COP(=O)(CC(C)C)OC(C)C.